The highest BCUT2D eigenvalue weighted by Crippen LogP contribution is 2.38. The Labute approximate surface area is 146 Å². The predicted octanol–water partition coefficient (Wildman–Crippen LogP) is 3.36. The molecule has 1 aliphatic carbocycles. The number of hydrogen-bond donors (Lipinski definition) is 2. The molecule has 0 aromatic heterocycles. The number of phenolic OH excluding ortho intramolecular Hbond substituents is 1. The van der Waals surface area contributed by atoms with Gasteiger partial charge in [-0.25, -0.2) is 4.79 Å². The van der Waals surface area contributed by atoms with Gasteiger partial charge in [0.1, 0.15) is 19.0 Å². The highest BCUT2D eigenvalue weighted by Gasteiger charge is 2.33. The van der Waals surface area contributed by atoms with Crippen LogP contribution in [0.2, 0.25) is 0 Å². The molecule has 1 fully saturated rings. The van der Waals surface area contributed by atoms with Crippen molar-refractivity contribution in [3.63, 3.8) is 0 Å². The van der Waals surface area contributed by atoms with E-state index in [2.05, 4.69) is 5.32 Å². The Kier molecular flexibility index (Phi) is 4.09. The Morgan fingerprint density at radius 1 is 1.16 bits per heavy atom. The average molecular weight is 340 g/mol. The van der Waals surface area contributed by atoms with Crippen molar-refractivity contribution in [3.05, 3.63) is 48.0 Å². The van der Waals surface area contributed by atoms with Crippen molar-refractivity contribution in [1.82, 2.24) is 4.90 Å². The maximum Gasteiger partial charge on any atom is 0.322 e. The number of anilines is 1. The van der Waals surface area contributed by atoms with Gasteiger partial charge in [-0.3, -0.25) is 0 Å². The second-order valence-corrected chi connectivity index (χ2v) is 6.29. The quantitative estimate of drug-likeness (QED) is 0.895. The molecule has 2 aromatic rings. The summed E-state index contributed by atoms with van der Waals surface area (Å²) in [6.45, 7) is 1.43. The van der Waals surface area contributed by atoms with Crippen LogP contribution in [0.4, 0.5) is 10.5 Å². The van der Waals surface area contributed by atoms with Gasteiger partial charge < -0.3 is 24.8 Å². The lowest BCUT2D eigenvalue weighted by molar-refractivity contribution is 0.172. The standard InChI is InChI=1S/C19H20N2O4/c22-15-4-1-3-13(11-15)12-21(14-7-8-14)19(23)20-16-5-2-6-17-18(16)25-10-9-24-17/h1-6,11,14,22H,7-10,12H2,(H,20,23). The number of rotatable bonds is 4. The van der Waals surface area contributed by atoms with Gasteiger partial charge in [0, 0.05) is 12.6 Å². The van der Waals surface area contributed by atoms with E-state index in [0.29, 0.717) is 36.9 Å². The number of aromatic hydroxyl groups is 1. The normalized spacial score (nSPS) is 15.5. The van der Waals surface area contributed by atoms with Crippen LogP contribution in [0.5, 0.6) is 17.2 Å². The van der Waals surface area contributed by atoms with Crippen molar-refractivity contribution in [2.75, 3.05) is 18.5 Å². The summed E-state index contributed by atoms with van der Waals surface area (Å²) < 4.78 is 11.2. The number of amides is 2. The van der Waals surface area contributed by atoms with Crippen LogP contribution in [0.15, 0.2) is 42.5 Å². The molecule has 2 aromatic carbocycles. The van der Waals surface area contributed by atoms with Gasteiger partial charge in [-0.2, -0.15) is 0 Å². The SMILES string of the molecule is O=C(Nc1cccc2c1OCCO2)N(Cc1cccc(O)c1)C1CC1. The second-order valence-electron chi connectivity index (χ2n) is 6.29. The maximum absolute atomic E-state index is 12.8. The highest BCUT2D eigenvalue weighted by molar-refractivity contribution is 5.92. The highest BCUT2D eigenvalue weighted by atomic mass is 16.6. The van der Waals surface area contributed by atoms with Gasteiger partial charge in [-0.1, -0.05) is 18.2 Å². The number of ether oxygens (including phenoxy) is 2. The number of nitrogens with zero attached hydrogens (tertiary/aromatic N) is 1. The zero-order chi connectivity index (χ0) is 17.2. The summed E-state index contributed by atoms with van der Waals surface area (Å²) >= 11 is 0. The molecule has 0 atom stereocenters. The first kappa shape index (κ1) is 15.6. The Bertz CT molecular complexity index is 789. The van der Waals surface area contributed by atoms with E-state index in [1.165, 1.54) is 0 Å². The van der Waals surface area contributed by atoms with E-state index in [9.17, 15) is 9.90 Å². The number of carbonyl (C=O) groups excluding carboxylic acids is 1. The van der Waals surface area contributed by atoms with Gasteiger partial charge in [0.15, 0.2) is 11.5 Å². The summed E-state index contributed by atoms with van der Waals surface area (Å²) in [7, 11) is 0. The van der Waals surface area contributed by atoms with Crippen molar-refractivity contribution >= 4 is 11.7 Å². The van der Waals surface area contributed by atoms with Crippen molar-refractivity contribution < 1.29 is 19.4 Å². The minimum atomic E-state index is -0.173. The molecule has 0 saturated heterocycles. The zero-order valence-electron chi connectivity index (χ0n) is 13.8. The van der Waals surface area contributed by atoms with Crippen LogP contribution in [0, 0.1) is 0 Å². The van der Waals surface area contributed by atoms with E-state index in [1.54, 1.807) is 23.1 Å². The molecular weight excluding hydrogens is 320 g/mol. The third kappa shape index (κ3) is 3.47. The molecule has 2 N–H and O–H groups in total. The molecule has 2 amide bonds. The lowest BCUT2D eigenvalue weighted by Gasteiger charge is -2.25. The van der Waals surface area contributed by atoms with Crippen molar-refractivity contribution in [3.8, 4) is 17.2 Å². The largest absolute Gasteiger partial charge is 0.508 e. The summed E-state index contributed by atoms with van der Waals surface area (Å²) in [5.74, 6) is 1.43. The molecule has 0 radical (unpaired) electrons. The van der Waals surface area contributed by atoms with Crippen LogP contribution in [-0.4, -0.2) is 35.3 Å². The third-order valence-electron chi connectivity index (χ3n) is 4.32. The molecule has 0 unspecified atom stereocenters. The topological polar surface area (TPSA) is 71.0 Å². The van der Waals surface area contributed by atoms with E-state index in [-0.39, 0.29) is 17.8 Å². The first-order valence-electron chi connectivity index (χ1n) is 8.45. The maximum atomic E-state index is 12.8. The zero-order valence-corrected chi connectivity index (χ0v) is 13.8. The van der Waals surface area contributed by atoms with Gasteiger partial charge >= 0.3 is 6.03 Å². The Morgan fingerprint density at radius 3 is 2.76 bits per heavy atom. The molecule has 6 heteroatoms. The first-order valence-corrected chi connectivity index (χ1v) is 8.45. The second kappa shape index (κ2) is 6.55. The van der Waals surface area contributed by atoms with Crippen molar-refractivity contribution in [2.45, 2.75) is 25.4 Å². The number of para-hydroxylation sites is 1. The van der Waals surface area contributed by atoms with Crippen LogP contribution >= 0.6 is 0 Å². The van der Waals surface area contributed by atoms with Gasteiger partial charge in [0.25, 0.3) is 0 Å². The van der Waals surface area contributed by atoms with Gasteiger partial charge in [0.05, 0.1) is 5.69 Å². The van der Waals surface area contributed by atoms with E-state index in [1.807, 2.05) is 24.3 Å². The Morgan fingerprint density at radius 2 is 1.96 bits per heavy atom. The number of carbonyl (C=O) groups is 1. The van der Waals surface area contributed by atoms with Crippen LogP contribution in [0.3, 0.4) is 0 Å². The van der Waals surface area contributed by atoms with Crippen LogP contribution < -0.4 is 14.8 Å². The van der Waals surface area contributed by atoms with Gasteiger partial charge in [-0.15, -0.1) is 0 Å². The number of hydrogen-bond acceptors (Lipinski definition) is 4. The van der Waals surface area contributed by atoms with Crippen LogP contribution in [0.25, 0.3) is 0 Å². The molecule has 0 bridgehead atoms. The monoisotopic (exact) mass is 340 g/mol. The van der Waals surface area contributed by atoms with Crippen LogP contribution in [-0.2, 0) is 6.54 Å². The molecular formula is C19H20N2O4. The third-order valence-corrected chi connectivity index (χ3v) is 4.32. The first-order chi connectivity index (χ1) is 12.2. The molecule has 1 heterocycles. The molecule has 1 aliphatic heterocycles. The molecule has 4 rings (SSSR count). The fourth-order valence-electron chi connectivity index (χ4n) is 2.96. The molecule has 6 nitrogen and oxygen atoms in total. The van der Waals surface area contributed by atoms with E-state index in [0.717, 1.165) is 18.4 Å². The Balaban J connectivity index is 1.52. The molecule has 0 spiro atoms. The smallest absolute Gasteiger partial charge is 0.322 e. The number of benzene rings is 2. The van der Waals surface area contributed by atoms with Gasteiger partial charge in [-0.05, 0) is 42.7 Å². The van der Waals surface area contributed by atoms with E-state index in [4.69, 9.17) is 9.47 Å². The lowest BCUT2D eigenvalue weighted by atomic mass is 10.2. The summed E-state index contributed by atoms with van der Waals surface area (Å²) in [6, 6.07) is 12.5. The molecule has 130 valence electrons. The van der Waals surface area contributed by atoms with Gasteiger partial charge in [0.2, 0.25) is 0 Å². The number of urea groups is 1. The number of nitrogens with one attached hydrogen (secondary N) is 1. The van der Waals surface area contributed by atoms with E-state index < -0.39 is 0 Å². The lowest BCUT2D eigenvalue weighted by Crippen LogP contribution is -2.36. The van der Waals surface area contributed by atoms with E-state index >= 15 is 0 Å². The fraction of sp³-hybridized carbons (Fsp3) is 0.316. The minimum absolute atomic E-state index is 0.173. The predicted molar refractivity (Wildman–Crippen MR) is 93.1 cm³/mol. The number of fused-ring (bicyclic) bond motifs is 1. The Hall–Kier alpha value is -2.89. The summed E-state index contributed by atoms with van der Waals surface area (Å²) in [4.78, 5) is 14.6. The number of phenols is 1. The molecule has 25 heavy (non-hydrogen) atoms. The van der Waals surface area contributed by atoms with Crippen LogP contribution in [0.1, 0.15) is 18.4 Å². The molecule has 1 saturated carbocycles. The summed E-state index contributed by atoms with van der Waals surface area (Å²) in [5, 5.41) is 12.6. The van der Waals surface area contributed by atoms with Crippen molar-refractivity contribution in [1.29, 1.82) is 0 Å². The molecule has 2 aliphatic rings. The summed E-state index contributed by atoms with van der Waals surface area (Å²) in [5.41, 5.74) is 1.51. The van der Waals surface area contributed by atoms with Crippen molar-refractivity contribution in [2.24, 2.45) is 0 Å². The fourth-order valence-corrected chi connectivity index (χ4v) is 2.96. The summed E-state index contributed by atoms with van der Waals surface area (Å²) in [6.07, 6.45) is 2.00. The average Bonchev–Trinajstić information content (AvgIpc) is 3.45. The minimum Gasteiger partial charge on any atom is -0.508 e.